The van der Waals surface area contributed by atoms with Crippen LogP contribution >= 0.6 is 0 Å². The second-order valence-corrected chi connectivity index (χ2v) is 7.95. The molecule has 29 heavy (non-hydrogen) atoms. The van der Waals surface area contributed by atoms with Crippen LogP contribution in [0.2, 0.25) is 0 Å². The van der Waals surface area contributed by atoms with Gasteiger partial charge in [-0.25, -0.2) is 4.98 Å². The predicted molar refractivity (Wildman–Crippen MR) is 122 cm³/mol. The Balaban J connectivity index is 2.07. The molecule has 1 saturated carbocycles. The Morgan fingerprint density at radius 3 is 2.59 bits per heavy atom. The molecule has 1 fully saturated rings. The lowest BCUT2D eigenvalue weighted by Crippen LogP contribution is -2.49. The van der Waals surface area contributed by atoms with Gasteiger partial charge in [0.05, 0.1) is 11.8 Å². The molecular formula is C23H37N5O. The molecule has 0 radical (unpaired) electrons. The number of nitrogens with zero attached hydrogens (tertiary/aromatic N) is 1. The van der Waals surface area contributed by atoms with E-state index >= 15 is 0 Å². The Bertz CT molecular complexity index is 709. The smallest absolute Gasteiger partial charge is 0.135 e. The Labute approximate surface area is 175 Å². The fourth-order valence-electron chi connectivity index (χ4n) is 3.85. The molecule has 4 N–H and O–H groups in total. The first-order valence-corrected chi connectivity index (χ1v) is 10.8. The van der Waals surface area contributed by atoms with Gasteiger partial charge in [0, 0.05) is 42.7 Å². The SMILES string of the molecule is CCC(NC1CCCCC1)[C@H](CNc1nc(C)ccc1C(=N)/C=C\C(C)=N)OC. The van der Waals surface area contributed by atoms with Crippen LogP contribution in [0.4, 0.5) is 5.82 Å². The molecule has 1 unspecified atom stereocenters. The Morgan fingerprint density at radius 2 is 1.97 bits per heavy atom. The molecule has 0 amide bonds. The van der Waals surface area contributed by atoms with Crippen molar-refractivity contribution < 1.29 is 4.74 Å². The standard InChI is InChI=1S/C23H37N5O/c1-5-21(28-18-9-7-6-8-10-18)22(29-4)15-26-23-19(13-12-17(3)27-23)20(25)14-11-16(2)24/h11-14,18,21-22,24-25,28H,5-10,15H2,1-4H3,(H,26,27)/b14-11-,24-16?,25-20?/t21?,22-/m0/s1. The zero-order chi connectivity index (χ0) is 21.2. The summed E-state index contributed by atoms with van der Waals surface area (Å²) in [5.41, 5.74) is 2.39. The van der Waals surface area contributed by atoms with Crippen LogP contribution in [0.5, 0.6) is 0 Å². The van der Waals surface area contributed by atoms with Gasteiger partial charge in [0.1, 0.15) is 5.82 Å². The average Bonchev–Trinajstić information content (AvgIpc) is 2.72. The van der Waals surface area contributed by atoms with Crippen molar-refractivity contribution in [3.05, 3.63) is 35.5 Å². The van der Waals surface area contributed by atoms with Crippen LogP contribution in [0.15, 0.2) is 24.3 Å². The molecular weight excluding hydrogens is 362 g/mol. The van der Waals surface area contributed by atoms with E-state index in [4.69, 9.17) is 15.6 Å². The van der Waals surface area contributed by atoms with Crippen molar-refractivity contribution in [1.82, 2.24) is 10.3 Å². The Kier molecular flexibility index (Phi) is 9.48. The Hall–Kier alpha value is -2.05. The molecule has 2 atom stereocenters. The topological polar surface area (TPSA) is 93.9 Å². The quantitative estimate of drug-likeness (QED) is 0.413. The number of pyridine rings is 1. The zero-order valence-electron chi connectivity index (χ0n) is 18.3. The van der Waals surface area contributed by atoms with E-state index in [1.165, 1.54) is 32.1 Å². The third-order valence-electron chi connectivity index (χ3n) is 5.54. The van der Waals surface area contributed by atoms with Gasteiger partial charge in [0.15, 0.2) is 0 Å². The summed E-state index contributed by atoms with van der Waals surface area (Å²) in [6.07, 6.45) is 10.8. The van der Waals surface area contributed by atoms with Gasteiger partial charge in [0.2, 0.25) is 0 Å². The van der Waals surface area contributed by atoms with Crippen molar-refractivity contribution in [2.75, 3.05) is 19.0 Å². The first-order valence-electron chi connectivity index (χ1n) is 10.8. The van der Waals surface area contributed by atoms with Gasteiger partial charge in [-0.05, 0) is 57.4 Å². The predicted octanol–water partition coefficient (Wildman–Crippen LogP) is 4.48. The summed E-state index contributed by atoms with van der Waals surface area (Å²) in [6.45, 7) is 6.47. The second-order valence-electron chi connectivity index (χ2n) is 7.95. The molecule has 1 aliphatic carbocycles. The fraction of sp³-hybridized carbons (Fsp3) is 0.609. The van der Waals surface area contributed by atoms with Crippen LogP contribution in [0.1, 0.15) is 63.6 Å². The van der Waals surface area contributed by atoms with Crippen molar-refractivity contribution in [1.29, 1.82) is 10.8 Å². The number of aromatic nitrogens is 1. The molecule has 0 aliphatic heterocycles. The van der Waals surface area contributed by atoms with E-state index in [1.54, 1.807) is 26.2 Å². The molecule has 0 aromatic carbocycles. The van der Waals surface area contributed by atoms with Gasteiger partial charge in [-0.3, -0.25) is 0 Å². The van der Waals surface area contributed by atoms with Gasteiger partial charge in [0.25, 0.3) is 0 Å². The largest absolute Gasteiger partial charge is 0.378 e. The number of aryl methyl sites for hydroxylation is 1. The first kappa shape index (κ1) is 23.2. The maximum atomic E-state index is 8.35. The fourth-order valence-corrected chi connectivity index (χ4v) is 3.85. The summed E-state index contributed by atoms with van der Waals surface area (Å²) in [5.74, 6) is 0.692. The highest BCUT2D eigenvalue weighted by Crippen LogP contribution is 2.20. The lowest BCUT2D eigenvalue weighted by Gasteiger charge is -2.32. The lowest BCUT2D eigenvalue weighted by molar-refractivity contribution is 0.0699. The van der Waals surface area contributed by atoms with E-state index in [-0.39, 0.29) is 12.1 Å². The van der Waals surface area contributed by atoms with Gasteiger partial charge in [-0.2, -0.15) is 0 Å². The molecule has 0 bridgehead atoms. The molecule has 1 heterocycles. The number of rotatable bonds is 11. The monoisotopic (exact) mass is 399 g/mol. The first-order chi connectivity index (χ1) is 13.9. The van der Waals surface area contributed by atoms with Crippen molar-refractivity contribution >= 4 is 17.2 Å². The molecule has 160 valence electrons. The summed E-state index contributed by atoms with van der Waals surface area (Å²) in [6, 6.07) is 4.69. The van der Waals surface area contributed by atoms with Crippen LogP contribution in [-0.4, -0.2) is 48.2 Å². The summed E-state index contributed by atoms with van der Waals surface area (Å²) in [7, 11) is 1.76. The number of hydrogen-bond donors (Lipinski definition) is 4. The highest BCUT2D eigenvalue weighted by Gasteiger charge is 2.24. The maximum Gasteiger partial charge on any atom is 0.135 e. The average molecular weight is 400 g/mol. The number of nitrogens with one attached hydrogen (secondary N) is 4. The van der Waals surface area contributed by atoms with Crippen LogP contribution in [0.25, 0.3) is 0 Å². The van der Waals surface area contributed by atoms with Crippen LogP contribution in [0, 0.1) is 17.7 Å². The highest BCUT2D eigenvalue weighted by atomic mass is 16.5. The molecule has 0 saturated heterocycles. The highest BCUT2D eigenvalue weighted by molar-refractivity contribution is 6.12. The van der Waals surface area contributed by atoms with E-state index in [1.807, 2.05) is 19.1 Å². The third kappa shape index (κ3) is 7.37. The van der Waals surface area contributed by atoms with E-state index in [9.17, 15) is 0 Å². The summed E-state index contributed by atoms with van der Waals surface area (Å²) < 4.78 is 5.83. The molecule has 2 rings (SSSR count). The van der Waals surface area contributed by atoms with E-state index in [0.29, 0.717) is 29.8 Å². The minimum absolute atomic E-state index is 0.0191. The van der Waals surface area contributed by atoms with Crippen LogP contribution in [0.3, 0.4) is 0 Å². The van der Waals surface area contributed by atoms with Crippen LogP contribution in [-0.2, 0) is 4.74 Å². The van der Waals surface area contributed by atoms with Gasteiger partial charge < -0.3 is 26.2 Å². The Morgan fingerprint density at radius 1 is 1.24 bits per heavy atom. The van der Waals surface area contributed by atoms with Crippen molar-refractivity contribution in [3.63, 3.8) is 0 Å². The van der Waals surface area contributed by atoms with E-state index < -0.39 is 0 Å². The minimum Gasteiger partial charge on any atom is -0.378 e. The van der Waals surface area contributed by atoms with Gasteiger partial charge in [-0.1, -0.05) is 26.2 Å². The molecule has 1 aromatic heterocycles. The van der Waals surface area contributed by atoms with Crippen molar-refractivity contribution in [3.8, 4) is 0 Å². The van der Waals surface area contributed by atoms with E-state index in [0.717, 1.165) is 17.7 Å². The molecule has 1 aliphatic rings. The minimum atomic E-state index is 0.0191. The van der Waals surface area contributed by atoms with Crippen molar-refractivity contribution in [2.24, 2.45) is 0 Å². The normalized spacial score (nSPS) is 17.2. The summed E-state index contributed by atoms with van der Waals surface area (Å²) >= 11 is 0. The summed E-state index contributed by atoms with van der Waals surface area (Å²) in [5, 5.41) is 23.1. The van der Waals surface area contributed by atoms with E-state index in [2.05, 4.69) is 22.5 Å². The van der Waals surface area contributed by atoms with Gasteiger partial charge in [-0.15, -0.1) is 0 Å². The maximum absolute atomic E-state index is 8.35. The van der Waals surface area contributed by atoms with Crippen molar-refractivity contribution in [2.45, 2.75) is 77.5 Å². The summed E-state index contributed by atoms with van der Waals surface area (Å²) in [4.78, 5) is 4.61. The molecule has 6 nitrogen and oxygen atoms in total. The second kappa shape index (κ2) is 11.8. The lowest BCUT2D eigenvalue weighted by atomic mass is 9.94. The number of ether oxygens (including phenoxy) is 1. The number of anilines is 1. The van der Waals surface area contributed by atoms with Crippen LogP contribution < -0.4 is 10.6 Å². The number of allylic oxidation sites excluding steroid dienone is 2. The molecule has 6 heteroatoms. The molecule has 0 spiro atoms. The number of methoxy groups -OCH3 is 1. The number of hydrogen-bond acceptors (Lipinski definition) is 6. The van der Waals surface area contributed by atoms with Gasteiger partial charge >= 0.3 is 0 Å². The third-order valence-corrected chi connectivity index (χ3v) is 5.54. The molecule has 1 aromatic rings. The zero-order valence-corrected chi connectivity index (χ0v) is 18.3.